The Morgan fingerprint density at radius 3 is 2.82 bits per heavy atom. The SMILES string of the molecule is Cc1ccc(I)cc1NC1CCCC(C)CC1. The first-order valence-corrected chi connectivity index (χ1v) is 7.75. The zero-order valence-corrected chi connectivity index (χ0v) is 13.0. The lowest BCUT2D eigenvalue weighted by Gasteiger charge is -2.19. The molecule has 1 aliphatic carbocycles. The van der Waals surface area contributed by atoms with Crippen molar-refractivity contribution in [3.8, 4) is 0 Å². The number of benzene rings is 1. The number of anilines is 1. The molecule has 1 fully saturated rings. The molecule has 94 valence electrons. The summed E-state index contributed by atoms with van der Waals surface area (Å²) in [5, 5.41) is 3.75. The molecule has 0 radical (unpaired) electrons. The van der Waals surface area contributed by atoms with E-state index in [-0.39, 0.29) is 0 Å². The molecule has 0 heterocycles. The Hall–Kier alpha value is -0.250. The smallest absolute Gasteiger partial charge is 0.0382 e. The molecule has 0 amide bonds. The summed E-state index contributed by atoms with van der Waals surface area (Å²) in [5.74, 6) is 0.916. The van der Waals surface area contributed by atoms with Gasteiger partial charge in [-0.3, -0.25) is 0 Å². The van der Waals surface area contributed by atoms with Gasteiger partial charge in [-0.1, -0.05) is 25.8 Å². The van der Waals surface area contributed by atoms with Gasteiger partial charge in [-0.05, 0) is 72.4 Å². The minimum Gasteiger partial charge on any atom is -0.382 e. The summed E-state index contributed by atoms with van der Waals surface area (Å²) in [4.78, 5) is 0. The summed E-state index contributed by atoms with van der Waals surface area (Å²) in [6.45, 7) is 4.58. The van der Waals surface area contributed by atoms with E-state index in [1.54, 1.807) is 0 Å². The van der Waals surface area contributed by atoms with E-state index in [1.165, 1.54) is 46.9 Å². The third kappa shape index (κ3) is 3.87. The maximum atomic E-state index is 3.75. The highest BCUT2D eigenvalue weighted by Crippen LogP contribution is 2.26. The highest BCUT2D eigenvalue weighted by atomic mass is 127. The van der Waals surface area contributed by atoms with Gasteiger partial charge in [0.05, 0.1) is 0 Å². The lowest BCUT2D eigenvalue weighted by atomic mass is 10.0. The van der Waals surface area contributed by atoms with E-state index in [1.807, 2.05) is 0 Å². The minimum absolute atomic E-state index is 0.678. The number of nitrogens with one attached hydrogen (secondary N) is 1. The second-order valence-electron chi connectivity index (χ2n) is 5.41. The number of aryl methyl sites for hydroxylation is 1. The summed E-state index contributed by atoms with van der Waals surface area (Å²) in [6.07, 6.45) is 6.81. The van der Waals surface area contributed by atoms with Crippen LogP contribution >= 0.6 is 22.6 Å². The number of hydrogen-bond acceptors (Lipinski definition) is 1. The molecular formula is C15H22IN. The number of halogens is 1. The molecule has 0 bridgehead atoms. The molecule has 1 saturated carbocycles. The summed E-state index contributed by atoms with van der Waals surface area (Å²) < 4.78 is 1.32. The van der Waals surface area contributed by atoms with Gasteiger partial charge in [0, 0.05) is 15.3 Å². The van der Waals surface area contributed by atoms with Crippen molar-refractivity contribution in [2.24, 2.45) is 5.92 Å². The van der Waals surface area contributed by atoms with Crippen LogP contribution in [0.5, 0.6) is 0 Å². The third-order valence-electron chi connectivity index (χ3n) is 3.82. The van der Waals surface area contributed by atoms with Crippen molar-refractivity contribution in [2.75, 3.05) is 5.32 Å². The van der Waals surface area contributed by atoms with Gasteiger partial charge in [0.1, 0.15) is 0 Å². The molecule has 1 N–H and O–H groups in total. The van der Waals surface area contributed by atoms with Crippen molar-refractivity contribution in [2.45, 2.75) is 52.0 Å². The Morgan fingerprint density at radius 2 is 2.00 bits per heavy atom. The molecule has 0 spiro atoms. The maximum Gasteiger partial charge on any atom is 0.0382 e. The molecule has 1 aromatic carbocycles. The average Bonchev–Trinajstić information content (AvgIpc) is 2.49. The van der Waals surface area contributed by atoms with Crippen molar-refractivity contribution in [3.63, 3.8) is 0 Å². The molecule has 2 rings (SSSR count). The summed E-state index contributed by atoms with van der Waals surface area (Å²) >= 11 is 2.39. The van der Waals surface area contributed by atoms with E-state index in [9.17, 15) is 0 Å². The van der Waals surface area contributed by atoms with Crippen molar-refractivity contribution in [3.05, 3.63) is 27.3 Å². The Bertz CT molecular complexity index is 375. The van der Waals surface area contributed by atoms with Gasteiger partial charge in [-0.2, -0.15) is 0 Å². The van der Waals surface area contributed by atoms with Crippen LogP contribution in [0.15, 0.2) is 18.2 Å². The van der Waals surface area contributed by atoms with Gasteiger partial charge in [0.25, 0.3) is 0 Å². The highest BCUT2D eigenvalue weighted by molar-refractivity contribution is 14.1. The normalized spacial score (nSPS) is 25.4. The average molecular weight is 343 g/mol. The quantitative estimate of drug-likeness (QED) is 0.590. The Kier molecular flexibility index (Phi) is 4.71. The van der Waals surface area contributed by atoms with E-state index in [2.05, 4.69) is 60.0 Å². The Balaban J connectivity index is 2.02. The first-order chi connectivity index (χ1) is 8.15. The number of hydrogen-bond donors (Lipinski definition) is 1. The van der Waals surface area contributed by atoms with E-state index >= 15 is 0 Å². The first-order valence-electron chi connectivity index (χ1n) is 6.68. The molecule has 1 aliphatic rings. The van der Waals surface area contributed by atoms with Crippen LogP contribution < -0.4 is 5.32 Å². The van der Waals surface area contributed by atoms with Crippen LogP contribution in [-0.2, 0) is 0 Å². The zero-order chi connectivity index (χ0) is 12.3. The molecule has 2 heteroatoms. The molecule has 1 aromatic rings. The molecule has 2 unspecified atom stereocenters. The van der Waals surface area contributed by atoms with Gasteiger partial charge in [-0.15, -0.1) is 0 Å². The van der Waals surface area contributed by atoms with Crippen LogP contribution in [0.4, 0.5) is 5.69 Å². The molecular weight excluding hydrogens is 321 g/mol. The fourth-order valence-corrected chi connectivity index (χ4v) is 3.09. The van der Waals surface area contributed by atoms with Crippen LogP contribution in [0.25, 0.3) is 0 Å². The highest BCUT2D eigenvalue weighted by Gasteiger charge is 2.16. The van der Waals surface area contributed by atoms with Crippen LogP contribution in [0, 0.1) is 16.4 Å². The van der Waals surface area contributed by atoms with Gasteiger partial charge < -0.3 is 5.32 Å². The summed E-state index contributed by atoms with van der Waals surface area (Å²) in [5.41, 5.74) is 2.69. The summed E-state index contributed by atoms with van der Waals surface area (Å²) in [6, 6.07) is 7.33. The maximum absolute atomic E-state index is 3.75. The standard InChI is InChI=1S/C15H22IN/c1-11-4-3-5-14(9-6-11)17-15-10-13(16)8-7-12(15)2/h7-8,10-11,14,17H,3-6,9H2,1-2H3. The topological polar surface area (TPSA) is 12.0 Å². The van der Waals surface area contributed by atoms with E-state index in [4.69, 9.17) is 0 Å². The van der Waals surface area contributed by atoms with E-state index in [0.717, 1.165) is 5.92 Å². The van der Waals surface area contributed by atoms with Crippen molar-refractivity contribution in [1.29, 1.82) is 0 Å². The van der Waals surface area contributed by atoms with Crippen molar-refractivity contribution >= 4 is 28.3 Å². The molecule has 1 nitrogen and oxygen atoms in total. The van der Waals surface area contributed by atoms with Crippen LogP contribution in [0.1, 0.15) is 44.6 Å². The Morgan fingerprint density at radius 1 is 1.18 bits per heavy atom. The van der Waals surface area contributed by atoms with Crippen LogP contribution in [0.3, 0.4) is 0 Å². The minimum atomic E-state index is 0.678. The van der Waals surface area contributed by atoms with Gasteiger partial charge in [0.15, 0.2) is 0 Å². The largest absolute Gasteiger partial charge is 0.382 e. The van der Waals surface area contributed by atoms with Gasteiger partial charge >= 0.3 is 0 Å². The van der Waals surface area contributed by atoms with Gasteiger partial charge in [0.2, 0.25) is 0 Å². The second-order valence-corrected chi connectivity index (χ2v) is 6.66. The Labute approximate surface area is 119 Å². The lowest BCUT2D eigenvalue weighted by molar-refractivity contribution is 0.502. The predicted octanol–water partition coefficient (Wildman–Crippen LogP) is 4.98. The molecule has 2 atom stereocenters. The van der Waals surface area contributed by atoms with E-state index in [0.29, 0.717) is 6.04 Å². The van der Waals surface area contributed by atoms with Gasteiger partial charge in [-0.25, -0.2) is 0 Å². The predicted molar refractivity (Wildman–Crippen MR) is 83.6 cm³/mol. The van der Waals surface area contributed by atoms with E-state index < -0.39 is 0 Å². The number of rotatable bonds is 2. The monoisotopic (exact) mass is 343 g/mol. The van der Waals surface area contributed by atoms with Crippen molar-refractivity contribution in [1.82, 2.24) is 0 Å². The summed E-state index contributed by atoms with van der Waals surface area (Å²) in [7, 11) is 0. The molecule has 17 heavy (non-hydrogen) atoms. The lowest BCUT2D eigenvalue weighted by Crippen LogP contribution is -2.19. The third-order valence-corrected chi connectivity index (χ3v) is 4.49. The second kappa shape index (κ2) is 6.07. The van der Waals surface area contributed by atoms with Crippen molar-refractivity contribution < 1.29 is 0 Å². The molecule has 0 saturated heterocycles. The van der Waals surface area contributed by atoms with Crippen LogP contribution in [0.2, 0.25) is 0 Å². The zero-order valence-electron chi connectivity index (χ0n) is 10.8. The molecule has 0 aliphatic heterocycles. The molecule has 0 aromatic heterocycles. The fraction of sp³-hybridized carbons (Fsp3) is 0.600. The van der Waals surface area contributed by atoms with Crippen LogP contribution in [-0.4, -0.2) is 6.04 Å². The first kappa shape index (κ1) is 13.2. The fourth-order valence-electron chi connectivity index (χ4n) is 2.60.